The normalized spacial score (nSPS) is 11.5. The maximum absolute atomic E-state index is 10.1. The summed E-state index contributed by atoms with van der Waals surface area (Å²) in [5, 5.41) is 11.6. The number of aromatic amines is 1. The number of nitrogens with zero attached hydrogens (tertiary/aromatic N) is 2. The Hall–Kier alpha value is -2.46. The van der Waals surface area contributed by atoms with Gasteiger partial charge in [0.2, 0.25) is 0 Å². The number of rotatable bonds is 5. The second-order valence-electron chi connectivity index (χ2n) is 5.52. The summed E-state index contributed by atoms with van der Waals surface area (Å²) >= 11 is 5.98. The van der Waals surface area contributed by atoms with E-state index in [2.05, 4.69) is 40.9 Å². The summed E-state index contributed by atoms with van der Waals surface area (Å²) in [5.41, 5.74) is 3.48. The van der Waals surface area contributed by atoms with Gasteiger partial charge in [-0.25, -0.2) is 0 Å². The highest BCUT2D eigenvalue weighted by molar-refractivity contribution is 6.31. The Morgan fingerprint density at radius 3 is 2.50 bits per heavy atom. The smallest absolute Gasteiger partial charge is 0.198 e. The molecule has 5 heteroatoms. The predicted octanol–water partition coefficient (Wildman–Crippen LogP) is 5.12. The summed E-state index contributed by atoms with van der Waals surface area (Å²) in [4.78, 5) is 9.67. The second-order valence-corrected chi connectivity index (χ2v) is 5.96. The number of fused-ring (bicyclic) bond motifs is 1. The molecule has 3 aromatic rings. The number of anilines is 1. The van der Waals surface area contributed by atoms with Gasteiger partial charge in [0.25, 0.3) is 0 Å². The van der Waals surface area contributed by atoms with Gasteiger partial charge >= 0.3 is 0 Å². The molecule has 3 rings (SSSR count). The molecule has 4 nitrogen and oxygen atoms in total. The number of aromatic nitrogens is 1. The molecule has 0 atom stereocenters. The molecule has 1 aromatic heterocycles. The lowest BCUT2D eigenvalue weighted by Gasteiger charge is -2.20. The Morgan fingerprint density at radius 2 is 1.83 bits per heavy atom. The minimum Gasteiger partial charge on any atom is -0.494 e. The SMILES string of the molecule is CCN(CC)c1ccc(N=Cc2c(O)[nH]c3cc(Cl)ccc23)cc1. The standard InChI is InChI=1S/C19H20ClN3O/c1-3-23(4-2)15-8-6-14(7-9-15)21-12-17-16-10-5-13(20)11-18(16)22-19(17)24/h5-12,22,24H,3-4H2,1-2H3. The molecule has 0 radical (unpaired) electrons. The molecular formula is C19H20ClN3O. The zero-order valence-corrected chi connectivity index (χ0v) is 14.5. The quantitative estimate of drug-likeness (QED) is 0.632. The Bertz CT molecular complexity index is 864. The van der Waals surface area contributed by atoms with Gasteiger partial charge in [0.1, 0.15) is 0 Å². The summed E-state index contributed by atoms with van der Waals surface area (Å²) in [6.45, 7) is 6.24. The molecule has 24 heavy (non-hydrogen) atoms. The first-order valence-corrected chi connectivity index (χ1v) is 8.39. The van der Waals surface area contributed by atoms with E-state index in [1.807, 2.05) is 18.2 Å². The van der Waals surface area contributed by atoms with Crippen LogP contribution in [0.1, 0.15) is 19.4 Å². The highest BCUT2D eigenvalue weighted by atomic mass is 35.5. The van der Waals surface area contributed by atoms with Crippen molar-refractivity contribution in [2.45, 2.75) is 13.8 Å². The van der Waals surface area contributed by atoms with E-state index in [1.165, 1.54) is 5.69 Å². The third-order valence-corrected chi connectivity index (χ3v) is 4.34. The fourth-order valence-electron chi connectivity index (χ4n) is 2.79. The maximum atomic E-state index is 10.1. The molecule has 0 aliphatic rings. The molecule has 0 spiro atoms. The molecule has 0 amide bonds. The van der Waals surface area contributed by atoms with Crippen LogP contribution in [0.2, 0.25) is 5.02 Å². The van der Waals surface area contributed by atoms with Gasteiger partial charge in [-0.15, -0.1) is 0 Å². The van der Waals surface area contributed by atoms with Crippen LogP contribution in [0.5, 0.6) is 5.88 Å². The van der Waals surface area contributed by atoms with E-state index in [-0.39, 0.29) is 5.88 Å². The molecule has 1 heterocycles. The lowest BCUT2D eigenvalue weighted by Crippen LogP contribution is -2.21. The average Bonchev–Trinajstić information content (AvgIpc) is 2.89. The number of hydrogen-bond acceptors (Lipinski definition) is 3. The van der Waals surface area contributed by atoms with Crippen LogP contribution in [0, 0.1) is 0 Å². The summed E-state index contributed by atoms with van der Waals surface area (Å²) in [6.07, 6.45) is 1.68. The molecule has 0 saturated heterocycles. The highest BCUT2D eigenvalue weighted by Gasteiger charge is 2.09. The minimum absolute atomic E-state index is 0.0933. The molecule has 0 aliphatic carbocycles. The van der Waals surface area contributed by atoms with Gasteiger partial charge < -0.3 is 15.0 Å². The van der Waals surface area contributed by atoms with E-state index < -0.39 is 0 Å². The van der Waals surface area contributed by atoms with Crippen LogP contribution in [0.4, 0.5) is 11.4 Å². The average molecular weight is 342 g/mol. The molecule has 124 valence electrons. The first-order chi connectivity index (χ1) is 11.6. The van der Waals surface area contributed by atoms with E-state index in [0.29, 0.717) is 10.6 Å². The first kappa shape index (κ1) is 16.4. The number of aliphatic imine (C=N–C) groups is 1. The molecule has 0 fully saturated rings. The largest absolute Gasteiger partial charge is 0.494 e. The van der Waals surface area contributed by atoms with Gasteiger partial charge in [-0.05, 0) is 50.2 Å². The van der Waals surface area contributed by atoms with Crippen molar-refractivity contribution in [2.75, 3.05) is 18.0 Å². The zero-order chi connectivity index (χ0) is 17.1. The minimum atomic E-state index is 0.0933. The number of aromatic hydroxyl groups is 1. The monoisotopic (exact) mass is 341 g/mol. The third kappa shape index (κ3) is 3.24. The van der Waals surface area contributed by atoms with Crippen molar-refractivity contribution >= 4 is 40.1 Å². The molecule has 0 aliphatic heterocycles. The Balaban J connectivity index is 1.87. The molecule has 0 bridgehead atoms. The van der Waals surface area contributed by atoms with Crippen LogP contribution >= 0.6 is 11.6 Å². The van der Waals surface area contributed by atoms with Gasteiger partial charge in [-0.1, -0.05) is 17.7 Å². The van der Waals surface area contributed by atoms with Crippen molar-refractivity contribution in [1.82, 2.24) is 4.98 Å². The van der Waals surface area contributed by atoms with E-state index in [1.54, 1.807) is 18.3 Å². The number of halogens is 1. The van der Waals surface area contributed by atoms with E-state index >= 15 is 0 Å². The summed E-state index contributed by atoms with van der Waals surface area (Å²) in [7, 11) is 0. The van der Waals surface area contributed by atoms with Crippen molar-refractivity contribution in [3.8, 4) is 5.88 Å². The zero-order valence-electron chi connectivity index (χ0n) is 13.8. The number of benzene rings is 2. The third-order valence-electron chi connectivity index (χ3n) is 4.10. The van der Waals surface area contributed by atoms with Crippen LogP contribution < -0.4 is 4.90 Å². The Labute approximate surface area is 146 Å². The molecule has 0 unspecified atom stereocenters. The van der Waals surface area contributed by atoms with E-state index in [0.717, 1.165) is 29.7 Å². The van der Waals surface area contributed by atoms with Crippen LogP contribution in [-0.4, -0.2) is 29.4 Å². The fraction of sp³-hybridized carbons (Fsp3) is 0.211. The first-order valence-electron chi connectivity index (χ1n) is 8.01. The molecule has 0 saturated carbocycles. The Morgan fingerprint density at radius 1 is 1.12 bits per heavy atom. The van der Waals surface area contributed by atoms with Gasteiger partial charge in [-0.2, -0.15) is 0 Å². The molecular weight excluding hydrogens is 322 g/mol. The van der Waals surface area contributed by atoms with Crippen LogP contribution in [0.15, 0.2) is 47.5 Å². The molecule has 2 aromatic carbocycles. The van der Waals surface area contributed by atoms with Crippen molar-refractivity contribution in [3.05, 3.63) is 53.1 Å². The van der Waals surface area contributed by atoms with Crippen LogP contribution in [0.25, 0.3) is 10.9 Å². The van der Waals surface area contributed by atoms with Gasteiger partial charge in [0.05, 0.1) is 16.8 Å². The van der Waals surface area contributed by atoms with Crippen molar-refractivity contribution in [2.24, 2.45) is 4.99 Å². The van der Waals surface area contributed by atoms with E-state index in [4.69, 9.17) is 11.6 Å². The summed E-state index contributed by atoms with van der Waals surface area (Å²) in [5.74, 6) is 0.0933. The highest BCUT2D eigenvalue weighted by Crippen LogP contribution is 2.28. The van der Waals surface area contributed by atoms with Crippen LogP contribution in [0.3, 0.4) is 0 Å². The topological polar surface area (TPSA) is 51.6 Å². The van der Waals surface area contributed by atoms with Crippen molar-refractivity contribution < 1.29 is 5.11 Å². The second kappa shape index (κ2) is 6.97. The summed E-state index contributed by atoms with van der Waals surface area (Å²) in [6, 6.07) is 13.5. The van der Waals surface area contributed by atoms with Gasteiger partial charge in [-0.3, -0.25) is 4.99 Å². The fourth-order valence-corrected chi connectivity index (χ4v) is 2.96. The Kier molecular flexibility index (Phi) is 4.76. The summed E-state index contributed by atoms with van der Waals surface area (Å²) < 4.78 is 0. The number of H-pyrrole nitrogens is 1. The number of hydrogen-bond donors (Lipinski definition) is 2. The lowest BCUT2D eigenvalue weighted by molar-refractivity contribution is 0.457. The lowest BCUT2D eigenvalue weighted by atomic mass is 10.2. The predicted molar refractivity (Wildman–Crippen MR) is 102 cm³/mol. The van der Waals surface area contributed by atoms with Gasteiger partial charge in [0, 0.05) is 35.4 Å². The molecule has 2 N–H and O–H groups in total. The van der Waals surface area contributed by atoms with Gasteiger partial charge in [0.15, 0.2) is 5.88 Å². The van der Waals surface area contributed by atoms with Crippen LogP contribution in [-0.2, 0) is 0 Å². The number of nitrogens with one attached hydrogen (secondary N) is 1. The van der Waals surface area contributed by atoms with Crippen molar-refractivity contribution in [1.29, 1.82) is 0 Å². The van der Waals surface area contributed by atoms with E-state index in [9.17, 15) is 5.11 Å². The van der Waals surface area contributed by atoms with Crippen molar-refractivity contribution in [3.63, 3.8) is 0 Å². The maximum Gasteiger partial charge on any atom is 0.198 e.